The number of aromatic nitrogens is 4. The zero-order valence-corrected chi connectivity index (χ0v) is 19.9. The summed E-state index contributed by atoms with van der Waals surface area (Å²) in [6.07, 6.45) is 0. The van der Waals surface area contributed by atoms with Gasteiger partial charge in [-0.15, -0.1) is 11.3 Å². The standard InChI is InChI=1S/C24H25N7O3S/c32-19-15-16(5-6-17(19)21-26-18-3-1-2-4-20(18)35-21)25-22-27-23(30-7-11-33-12-8-30)29-24(28-22)31-9-13-34-14-10-31/h1-6,15,32H,7-14H2,(H,25,27,28,29). The lowest BCUT2D eigenvalue weighted by molar-refractivity contribution is 0.121. The maximum Gasteiger partial charge on any atom is 0.233 e. The van der Waals surface area contributed by atoms with Crippen LogP contribution in [0.5, 0.6) is 5.75 Å². The highest BCUT2D eigenvalue weighted by atomic mass is 32.1. The van der Waals surface area contributed by atoms with Crippen molar-refractivity contribution < 1.29 is 14.6 Å². The molecule has 10 nitrogen and oxygen atoms in total. The lowest BCUT2D eigenvalue weighted by atomic mass is 10.2. The lowest BCUT2D eigenvalue weighted by Gasteiger charge is -2.30. The average molecular weight is 492 g/mol. The Morgan fingerprint density at radius 2 is 1.46 bits per heavy atom. The first-order valence-electron chi connectivity index (χ1n) is 11.6. The van der Waals surface area contributed by atoms with E-state index in [1.54, 1.807) is 17.4 Å². The fourth-order valence-electron chi connectivity index (χ4n) is 4.13. The summed E-state index contributed by atoms with van der Waals surface area (Å²) in [5.74, 6) is 1.80. The summed E-state index contributed by atoms with van der Waals surface area (Å²) in [6, 6.07) is 13.4. The zero-order chi connectivity index (χ0) is 23.6. The Bertz CT molecular complexity index is 1270. The molecule has 0 bridgehead atoms. The fraction of sp³-hybridized carbons (Fsp3) is 0.333. The van der Waals surface area contributed by atoms with E-state index in [4.69, 9.17) is 14.5 Å². The van der Waals surface area contributed by atoms with Gasteiger partial charge < -0.3 is 29.7 Å². The number of anilines is 4. The number of benzene rings is 2. The molecule has 4 heterocycles. The third kappa shape index (κ3) is 4.70. The van der Waals surface area contributed by atoms with Crippen LogP contribution in [0.1, 0.15) is 0 Å². The van der Waals surface area contributed by atoms with Gasteiger partial charge in [0.15, 0.2) is 0 Å². The molecule has 2 aliphatic rings. The number of hydrogen-bond donors (Lipinski definition) is 2. The number of hydrogen-bond acceptors (Lipinski definition) is 11. The number of nitrogens with one attached hydrogen (secondary N) is 1. The molecule has 0 spiro atoms. The Hall–Kier alpha value is -3.54. The van der Waals surface area contributed by atoms with Gasteiger partial charge >= 0.3 is 0 Å². The molecule has 6 rings (SSSR count). The minimum atomic E-state index is 0.143. The third-order valence-corrected chi connectivity index (χ3v) is 7.05. The van der Waals surface area contributed by atoms with Crippen molar-refractivity contribution in [1.29, 1.82) is 0 Å². The third-order valence-electron chi connectivity index (χ3n) is 5.98. The molecule has 0 saturated carbocycles. The number of morpholine rings is 2. The molecule has 2 saturated heterocycles. The van der Waals surface area contributed by atoms with E-state index in [1.807, 2.05) is 36.4 Å². The first-order chi connectivity index (χ1) is 17.2. The fourth-order valence-corrected chi connectivity index (χ4v) is 5.13. The van der Waals surface area contributed by atoms with Crippen molar-refractivity contribution in [3.8, 4) is 16.3 Å². The predicted molar refractivity (Wildman–Crippen MR) is 136 cm³/mol. The van der Waals surface area contributed by atoms with Gasteiger partial charge in [-0.3, -0.25) is 0 Å². The van der Waals surface area contributed by atoms with E-state index in [0.717, 1.165) is 41.4 Å². The largest absolute Gasteiger partial charge is 0.507 e. The molecular weight excluding hydrogens is 466 g/mol. The maximum absolute atomic E-state index is 10.8. The van der Waals surface area contributed by atoms with E-state index in [0.29, 0.717) is 55.5 Å². The summed E-state index contributed by atoms with van der Waals surface area (Å²) >= 11 is 1.55. The van der Waals surface area contributed by atoms with Gasteiger partial charge in [-0.05, 0) is 24.3 Å². The highest BCUT2D eigenvalue weighted by Gasteiger charge is 2.21. The Balaban J connectivity index is 1.29. The highest BCUT2D eigenvalue weighted by Crippen LogP contribution is 2.37. The summed E-state index contributed by atoms with van der Waals surface area (Å²) in [4.78, 5) is 23.0. The Morgan fingerprint density at radius 3 is 2.09 bits per heavy atom. The van der Waals surface area contributed by atoms with Crippen molar-refractivity contribution in [1.82, 2.24) is 19.9 Å². The van der Waals surface area contributed by atoms with Crippen molar-refractivity contribution in [2.75, 3.05) is 67.7 Å². The number of nitrogens with zero attached hydrogens (tertiary/aromatic N) is 6. The summed E-state index contributed by atoms with van der Waals surface area (Å²) in [6.45, 7) is 5.47. The van der Waals surface area contributed by atoms with Gasteiger partial charge in [0, 0.05) is 37.9 Å². The van der Waals surface area contributed by atoms with Crippen LogP contribution < -0.4 is 15.1 Å². The van der Waals surface area contributed by atoms with Crippen LogP contribution in [0.2, 0.25) is 0 Å². The molecule has 4 aromatic rings. The number of fused-ring (bicyclic) bond motifs is 1. The van der Waals surface area contributed by atoms with Crippen molar-refractivity contribution in [2.45, 2.75) is 0 Å². The van der Waals surface area contributed by atoms with Crippen LogP contribution in [0.3, 0.4) is 0 Å². The van der Waals surface area contributed by atoms with Crippen LogP contribution in [0.4, 0.5) is 23.5 Å². The molecule has 0 radical (unpaired) electrons. The predicted octanol–water partition coefficient (Wildman–Crippen LogP) is 3.27. The quantitative estimate of drug-likeness (QED) is 0.432. The number of aromatic hydroxyl groups is 1. The molecule has 2 aromatic heterocycles. The Kier molecular flexibility index (Phi) is 6.03. The Morgan fingerprint density at radius 1 is 0.800 bits per heavy atom. The molecule has 0 unspecified atom stereocenters. The number of thiazole rings is 1. The second-order valence-electron chi connectivity index (χ2n) is 8.30. The smallest absolute Gasteiger partial charge is 0.233 e. The molecule has 35 heavy (non-hydrogen) atoms. The number of phenolic OH excluding ortho intramolecular Hbond substituents is 1. The van der Waals surface area contributed by atoms with Crippen LogP contribution in [0, 0.1) is 0 Å². The molecule has 2 N–H and O–H groups in total. The van der Waals surface area contributed by atoms with Crippen LogP contribution in [0.25, 0.3) is 20.8 Å². The van der Waals surface area contributed by atoms with Gasteiger partial charge in [-0.25, -0.2) is 4.98 Å². The van der Waals surface area contributed by atoms with E-state index in [1.165, 1.54) is 0 Å². The van der Waals surface area contributed by atoms with Gasteiger partial charge in [0.2, 0.25) is 17.8 Å². The van der Waals surface area contributed by atoms with Crippen molar-refractivity contribution in [3.05, 3.63) is 42.5 Å². The van der Waals surface area contributed by atoms with E-state index >= 15 is 0 Å². The maximum atomic E-state index is 10.8. The van der Waals surface area contributed by atoms with Crippen LogP contribution >= 0.6 is 11.3 Å². The average Bonchev–Trinajstić information content (AvgIpc) is 3.34. The van der Waals surface area contributed by atoms with Gasteiger partial charge in [0.1, 0.15) is 10.8 Å². The van der Waals surface area contributed by atoms with E-state index in [2.05, 4.69) is 30.1 Å². The SMILES string of the molecule is Oc1cc(Nc2nc(N3CCOCC3)nc(N3CCOCC3)n2)ccc1-c1nc2ccccc2s1. The lowest BCUT2D eigenvalue weighted by Crippen LogP contribution is -2.40. The minimum absolute atomic E-state index is 0.143. The number of para-hydroxylation sites is 1. The normalized spacial score (nSPS) is 16.6. The zero-order valence-electron chi connectivity index (χ0n) is 19.1. The first-order valence-corrected chi connectivity index (χ1v) is 12.4. The monoisotopic (exact) mass is 491 g/mol. The molecule has 0 atom stereocenters. The molecule has 0 amide bonds. The molecule has 2 fully saturated rings. The summed E-state index contributed by atoms with van der Waals surface area (Å²) in [5.41, 5.74) is 2.29. The summed E-state index contributed by atoms with van der Waals surface area (Å²) in [5, 5.41) is 14.8. The molecule has 2 aliphatic heterocycles. The molecule has 0 aliphatic carbocycles. The minimum Gasteiger partial charge on any atom is -0.507 e. The molecule has 2 aromatic carbocycles. The second kappa shape index (κ2) is 9.61. The second-order valence-corrected chi connectivity index (χ2v) is 9.33. The van der Waals surface area contributed by atoms with Crippen molar-refractivity contribution >= 4 is 45.1 Å². The van der Waals surface area contributed by atoms with E-state index in [9.17, 15) is 5.11 Å². The molecule has 180 valence electrons. The van der Waals surface area contributed by atoms with E-state index < -0.39 is 0 Å². The van der Waals surface area contributed by atoms with Gasteiger partial charge in [-0.2, -0.15) is 15.0 Å². The number of rotatable bonds is 5. The molecule has 11 heteroatoms. The van der Waals surface area contributed by atoms with Crippen LogP contribution in [0.15, 0.2) is 42.5 Å². The van der Waals surface area contributed by atoms with Gasteiger partial charge in [-0.1, -0.05) is 12.1 Å². The topological polar surface area (TPSA) is 109 Å². The Labute approximate surface area is 206 Å². The molecular formula is C24H25N7O3S. The van der Waals surface area contributed by atoms with E-state index in [-0.39, 0.29) is 5.75 Å². The first kappa shape index (κ1) is 22.0. The highest BCUT2D eigenvalue weighted by molar-refractivity contribution is 7.21. The number of phenols is 1. The van der Waals surface area contributed by atoms with Gasteiger partial charge in [0.05, 0.1) is 42.2 Å². The van der Waals surface area contributed by atoms with Crippen molar-refractivity contribution in [3.63, 3.8) is 0 Å². The summed E-state index contributed by atoms with van der Waals surface area (Å²) in [7, 11) is 0. The van der Waals surface area contributed by atoms with Crippen LogP contribution in [-0.4, -0.2) is 77.6 Å². The van der Waals surface area contributed by atoms with Crippen LogP contribution in [-0.2, 0) is 9.47 Å². The summed E-state index contributed by atoms with van der Waals surface area (Å²) < 4.78 is 12.1. The number of ether oxygens (including phenoxy) is 2. The van der Waals surface area contributed by atoms with Crippen molar-refractivity contribution in [2.24, 2.45) is 0 Å². The van der Waals surface area contributed by atoms with Gasteiger partial charge in [0.25, 0.3) is 0 Å².